The van der Waals surface area contributed by atoms with Gasteiger partial charge in [-0.25, -0.2) is 9.78 Å². The Morgan fingerprint density at radius 2 is 2.29 bits per heavy atom. The van der Waals surface area contributed by atoms with Crippen LogP contribution in [0.3, 0.4) is 0 Å². The smallest absolute Gasteiger partial charge is 0.339 e. The van der Waals surface area contributed by atoms with E-state index < -0.39 is 5.97 Å². The number of nitrogens with one attached hydrogen (secondary N) is 2. The summed E-state index contributed by atoms with van der Waals surface area (Å²) in [4.78, 5) is 15.5. The van der Waals surface area contributed by atoms with Gasteiger partial charge in [-0.1, -0.05) is 11.6 Å². The Morgan fingerprint density at radius 1 is 1.48 bits per heavy atom. The minimum absolute atomic E-state index is 0.335. The van der Waals surface area contributed by atoms with E-state index >= 15 is 0 Å². The first-order valence-electron chi connectivity index (χ1n) is 6.58. The highest BCUT2D eigenvalue weighted by molar-refractivity contribution is 6.33. The van der Waals surface area contributed by atoms with Gasteiger partial charge in [0.2, 0.25) is 0 Å². The maximum atomic E-state index is 11.4. The van der Waals surface area contributed by atoms with Crippen molar-refractivity contribution in [2.24, 2.45) is 0 Å². The number of pyridine rings is 1. The predicted molar refractivity (Wildman–Crippen MR) is 80.7 cm³/mol. The van der Waals surface area contributed by atoms with Crippen LogP contribution in [0.4, 0.5) is 5.82 Å². The molecule has 2 rings (SSSR count). The summed E-state index contributed by atoms with van der Waals surface area (Å²) in [5.74, 6) is 0.111. The lowest BCUT2D eigenvalue weighted by molar-refractivity contribution is 0.0600. The van der Waals surface area contributed by atoms with Crippen LogP contribution in [0.15, 0.2) is 18.5 Å². The summed E-state index contributed by atoms with van der Waals surface area (Å²) in [6, 6.07) is 1.54. The third kappa shape index (κ3) is 3.95. The van der Waals surface area contributed by atoms with Gasteiger partial charge in [-0.05, 0) is 31.4 Å². The normalized spacial score (nSPS) is 10.4. The number of aromatic amines is 1. The molecule has 0 aliphatic heterocycles. The fraction of sp³-hybridized carbons (Fsp3) is 0.357. The lowest BCUT2D eigenvalue weighted by Crippen LogP contribution is -2.07. The summed E-state index contributed by atoms with van der Waals surface area (Å²) < 4.78 is 4.62. The Hall–Kier alpha value is -2.08. The maximum absolute atomic E-state index is 11.4. The largest absolute Gasteiger partial charge is 0.465 e. The second-order valence-electron chi connectivity index (χ2n) is 4.60. The van der Waals surface area contributed by atoms with Crippen molar-refractivity contribution in [3.63, 3.8) is 0 Å². The van der Waals surface area contributed by atoms with Gasteiger partial charge >= 0.3 is 5.97 Å². The van der Waals surface area contributed by atoms with Crippen LogP contribution < -0.4 is 5.32 Å². The third-order valence-corrected chi connectivity index (χ3v) is 3.40. The lowest BCUT2D eigenvalue weighted by atomic mass is 10.1. The molecule has 2 heterocycles. The number of methoxy groups -OCH3 is 1. The van der Waals surface area contributed by atoms with Gasteiger partial charge < -0.3 is 10.1 Å². The third-order valence-electron chi connectivity index (χ3n) is 3.11. The molecule has 0 unspecified atom stereocenters. The highest BCUT2D eigenvalue weighted by Gasteiger charge is 2.09. The Labute approximate surface area is 127 Å². The number of aryl methyl sites for hydroxylation is 2. The van der Waals surface area contributed by atoms with Crippen molar-refractivity contribution in [2.45, 2.75) is 19.8 Å². The Morgan fingerprint density at radius 3 is 2.90 bits per heavy atom. The summed E-state index contributed by atoms with van der Waals surface area (Å²) >= 11 is 6.09. The highest BCUT2D eigenvalue weighted by atomic mass is 35.5. The fourth-order valence-corrected chi connectivity index (χ4v) is 2.14. The van der Waals surface area contributed by atoms with Gasteiger partial charge in [-0.2, -0.15) is 5.10 Å². The zero-order valence-corrected chi connectivity index (χ0v) is 12.7. The molecule has 0 aliphatic carbocycles. The van der Waals surface area contributed by atoms with Crippen molar-refractivity contribution >= 4 is 23.4 Å². The Kier molecular flexibility index (Phi) is 5.16. The number of hydrogen-bond acceptors (Lipinski definition) is 5. The molecule has 2 aromatic heterocycles. The molecule has 21 heavy (non-hydrogen) atoms. The molecule has 2 aromatic rings. The van der Waals surface area contributed by atoms with Gasteiger partial charge in [0.05, 0.1) is 23.9 Å². The van der Waals surface area contributed by atoms with Crippen LogP contribution in [0.1, 0.15) is 28.0 Å². The number of aromatic nitrogens is 3. The maximum Gasteiger partial charge on any atom is 0.339 e. The Bertz CT molecular complexity index is 627. The highest BCUT2D eigenvalue weighted by Crippen LogP contribution is 2.20. The summed E-state index contributed by atoms with van der Waals surface area (Å²) in [5, 5.41) is 10.4. The lowest BCUT2D eigenvalue weighted by Gasteiger charge is -2.08. The quantitative estimate of drug-likeness (QED) is 0.633. The molecule has 7 heteroatoms. The molecular weight excluding hydrogens is 292 g/mol. The fourth-order valence-electron chi connectivity index (χ4n) is 1.91. The van der Waals surface area contributed by atoms with Gasteiger partial charge in [-0.3, -0.25) is 5.10 Å². The van der Waals surface area contributed by atoms with Crippen LogP contribution in [0.25, 0.3) is 0 Å². The van der Waals surface area contributed by atoms with E-state index in [9.17, 15) is 4.79 Å². The van der Waals surface area contributed by atoms with Crippen molar-refractivity contribution < 1.29 is 9.53 Å². The molecule has 0 radical (unpaired) electrons. The molecular formula is C14H17ClN4O2. The van der Waals surface area contributed by atoms with Crippen LogP contribution in [-0.2, 0) is 11.2 Å². The first kappa shape index (κ1) is 15.3. The monoisotopic (exact) mass is 308 g/mol. The number of ether oxygens (including phenoxy) is 1. The second-order valence-corrected chi connectivity index (χ2v) is 5.00. The number of hydrogen-bond donors (Lipinski definition) is 2. The molecule has 6 nitrogen and oxygen atoms in total. The molecule has 0 saturated heterocycles. The molecule has 0 fully saturated rings. The minimum atomic E-state index is -0.452. The zero-order chi connectivity index (χ0) is 15.2. The number of halogens is 1. The molecule has 0 saturated carbocycles. The number of carbonyl (C=O) groups excluding carboxylic acids is 1. The summed E-state index contributed by atoms with van der Waals surface area (Å²) in [6.07, 6.45) is 5.14. The number of anilines is 1. The molecule has 0 spiro atoms. The average molecular weight is 309 g/mol. The zero-order valence-electron chi connectivity index (χ0n) is 11.9. The van der Waals surface area contributed by atoms with Gasteiger partial charge in [0.25, 0.3) is 0 Å². The summed E-state index contributed by atoms with van der Waals surface area (Å²) in [5.41, 5.74) is 2.63. The molecule has 2 N–H and O–H groups in total. The molecule has 0 aliphatic rings. The molecule has 0 atom stereocenters. The standard InChI is InChI=1S/C14H17ClN4O2/c1-9-10(8-18-19-9)4-3-5-16-13-12(15)6-11(7-17-13)14(20)21-2/h6-8H,3-5H2,1-2H3,(H,16,17)(H,18,19). The van der Waals surface area contributed by atoms with Gasteiger partial charge in [0.15, 0.2) is 0 Å². The van der Waals surface area contributed by atoms with Gasteiger partial charge in [-0.15, -0.1) is 0 Å². The number of rotatable bonds is 6. The van der Waals surface area contributed by atoms with E-state index in [4.69, 9.17) is 11.6 Å². The van der Waals surface area contributed by atoms with Crippen LogP contribution >= 0.6 is 11.6 Å². The van der Waals surface area contributed by atoms with Crippen molar-refractivity contribution in [3.8, 4) is 0 Å². The second kappa shape index (κ2) is 7.08. The van der Waals surface area contributed by atoms with E-state index in [0.717, 1.165) is 25.1 Å². The van der Waals surface area contributed by atoms with Crippen LogP contribution in [0.2, 0.25) is 5.02 Å². The first-order chi connectivity index (χ1) is 10.1. The van der Waals surface area contributed by atoms with E-state index in [0.29, 0.717) is 16.4 Å². The van der Waals surface area contributed by atoms with Gasteiger partial charge in [0, 0.05) is 18.4 Å². The van der Waals surface area contributed by atoms with E-state index in [1.807, 2.05) is 13.1 Å². The molecule has 112 valence electrons. The molecule has 0 aromatic carbocycles. The van der Waals surface area contributed by atoms with Crippen molar-refractivity contribution in [3.05, 3.63) is 40.3 Å². The SMILES string of the molecule is COC(=O)c1cnc(NCCCc2cn[nH]c2C)c(Cl)c1. The number of H-pyrrole nitrogens is 1. The van der Waals surface area contributed by atoms with Crippen LogP contribution in [0, 0.1) is 6.92 Å². The predicted octanol–water partition coefficient (Wildman–Crippen LogP) is 2.60. The van der Waals surface area contributed by atoms with Gasteiger partial charge in [0.1, 0.15) is 5.82 Å². The average Bonchev–Trinajstić information content (AvgIpc) is 2.89. The number of nitrogens with zero attached hydrogens (tertiary/aromatic N) is 2. The summed E-state index contributed by atoms with van der Waals surface area (Å²) in [6.45, 7) is 2.73. The van der Waals surface area contributed by atoms with E-state index in [-0.39, 0.29) is 0 Å². The van der Waals surface area contributed by atoms with Crippen LogP contribution in [-0.4, -0.2) is 34.8 Å². The van der Waals surface area contributed by atoms with Crippen LogP contribution in [0.5, 0.6) is 0 Å². The first-order valence-corrected chi connectivity index (χ1v) is 6.96. The van der Waals surface area contributed by atoms with Crippen molar-refractivity contribution in [2.75, 3.05) is 19.0 Å². The minimum Gasteiger partial charge on any atom is -0.465 e. The number of esters is 1. The Balaban J connectivity index is 1.86. The van der Waals surface area contributed by atoms with E-state index in [1.54, 1.807) is 6.07 Å². The molecule has 0 amide bonds. The number of carbonyl (C=O) groups is 1. The molecule has 0 bridgehead atoms. The van der Waals surface area contributed by atoms with Crippen molar-refractivity contribution in [1.29, 1.82) is 0 Å². The van der Waals surface area contributed by atoms with E-state index in [2.05, 4.69) is 25.2 Å². The summed E-state index contributed by atoms with van der Waals surface area (Å²) in [7, 11) is 1.32. The van der Waals surface area contributed by atoms with Crippen molar-refractivity contribution in [1.82, 2.24) is 15.2 Å². The topological polar surface area (TPSA) is 79.9 Å². The van der Waals surface area contributed by atoms with E-state index in [1.165, 1.54) is 18.9 Å².